The lowest BCUT2D eigenvalue weighted by Gasteiger charge is -2.19. The summed E-state index contributed by atoms with van der Waals surface area (Å²) in [6.07, 6.45) is 0.0983. The van der Waals surface area contributed by atoms with Gasteiger partial charge in [-0.3, -0.25) is 4.79 Å². The lowest BCUT2D eigenvalue weighted by atomic mass is 10.2. The summed E-state index contributed by atoms with van der Waals surface area (Å²) in [5.74, 6) is 5.86. The number of rotatable bonds is 3. The lowest BCUT2D eigenvalue weighted by molar-refractivity contribution is -0.114. The number of anilines is 1. The number of ether oxygens (including phenoxy) is 1. The molecule has 22 heavy (non-hydrogen) atoms. The largest absolute Gasteiger partial charge is 0.444 e. The second-order valence-electron chi connectivity index (χ2n) is 5.74. The number of amides is 2. The van der Waals surface area contributed by atoms with E-state index in [1.54, 1.807) is 12.1 Å². The van der Waals surface area contributed by atoms with Gasteiger partial charge in [0.2, 0.25) is 5.91 Å². The summed E-state index contributed by atoms with van der Waals surface area (Å²) < 4.78 is 5.11. The summed E-state index contributed by atoms with van der Waals surface area (Å²) in [5, 5.41) is 5.34. The smallest absolute Gasteiger partial charge is 0.407 e. The Morgan fingerprint density at radius 1 is 1.18 bits per heavy atom. The van der Waals surface area contributed by atoms with E-state index in [4.69, 9.17) is 4.74 Å². The van der Waals surface area contributed by atoms with Crippen LogP contribution in [0.4, 0.5) is 10.5 Å². The molecule has 0 radical (unpaired) electrons. The van der Waals surface area contributed by atoms with Gasteiger partial charge in [-0.15, -0.1) is 0 Å². The molecule has 2 amide bonds. The first-order chi connectivity index (χ1) is 10.3. The van der Waals surface area contributed by atoms with E-state index < -0.39 is 11.7 Å². The number of benzene rings is 1. The average Bonchev–Trinajstić information content (AvgIpc) is 2.37. The fourth-order valence-electron chi connectivity index (χ4n) is 1.55. The molecule has 5 nitrogen and oxygen atoms in total. The van der Waals surface area contributed by atoms with Gasteiger partial charge < -0.3 is 15.4 Å². The molecule has 1 aromatic carbocycles. The number of alkyl carbamates (subject to hydrolysis) is 1. The number of nitrogens with one attached hydrogen (secondary N) is 2. The molecule has 0 aliphatic carbocycles. The molecule has 118 valence electrons. The van der Waals surface area contributed by atoms with Crippen molar-refractivity contribution < 1.29 is 14.3 Å². The highest BCUT2D eigenvalue weighted by Crippen LogP contribution is 2.08. The van der Waals surface area contributed by atoms with Crippen molar-refractivity contribution in [2.75, 3.05) is 11.9 Å². The Bertz CT molecular complexity index is 575. The maximum atomic E-state index is 11.4. The SMILES string of the molecule is CC(=O)Nc1ccc(C#CCCNC(=O)OC(C)(C)C)cc1. The standard InChI is InChI=1S/C17H22N2O3/c1-13(20)19-15-10-8-14(9-11-15)7-5-6-12-18-16(21)22-17(2,3)4/h8-11H,6,12H2,1-4H3,(H,18,21)(H,19,20). The van der Waals surface area contributed by atoms with Gasteiger partial charge in [0.15, 0.2) is 0 Å². The molecule has 0 aliphatic rings. The van der Waals surface area contributed by atoms with Gasteiger partial charge in [0.25, 0.3) is 0 Å². The lowest BCUT2D eigenvalue weighted by Crippen LogP contribution is -2.32. The van der Waals surface area contributed by atoms with Crippen LogP contribution in [0.1, 0.15) is 39.7 Å². The maximum Gasteiger partial charge on any atom is 0.407 e. The molecule has 0 unspecified atom stereocenters. The highest BCUT2D eigenvalue weighted by Gasteiger charge is 2.15. The Labute approximate surface area is 131 Å². The zero-order chi connectivity index (χ0) is 16.6. The summed E-state index contributed by atoms with van der Waals surface area (Å²) in [6, 6.07) is 7.26. The molecule has 0 spiro atoms. The highest BCUT2D eigenvalue weighted by atomic mass is 16.6. The predicted octanol–water partition coefficient (Wildman–Crippen LogP) is 2.91. The monoisotopic (exact) mass is 302 g/mol. The van der Waals surface area contributed by atoms with Crippen molar-refractivity contribution >= 4 is 17.7 Å². The summed E-state index contributed by atoms with van der Waals surface area (Å²) >= 11 is 0. The van der Waals surface area contributed by atoms with Crippen LogP contribution in [0.3, 0.4) is 0 Å². The predicted molar refractivity (Wildman–Crippen MR) is 86.5 cm³/mol. The molecule has 0 atom stereocenters. The van der Waals surface area contributed by atoms with Gasteiger partial charge in [-0.25, -0.2) is 4.79 Å². The zero-order valence-corrected chi connectivity index (χ0v) is 13.4. The van der Waals surface area contributed by atoms with Gasteiger partial charge in [-0.1, -0.05) is 11.8 Å². The van der Waals surface area contributed by atoms with Crippen LogP contribution in [0.25, 0.3) is 0 Å². The molecule has 0 aromatic heterocycles. The van der Waals surface area contributed by atoms with Gasteiger partial charge in [-0.2, -0.15) is 0 Å². The van der Waals surface area contributed by atoms with E-state index in [9.17, 15) is 9.59 Å². The highest BCUT2D eigenvalue weighted by molar-refractivity contribution is 5.88. The van der Waals surface area contributed by atoms with Crippen molar-refractivity contribution in [2.45, 2.75) is 39.7 Å². The van der Waals surface area contributed by atoms with E-state index in [1.807, 2.05) is 32.9 Å². The van der Waals surface area contributed by atoms with Crippen molar-refractivity contribution in [1.82, 2.24) is 5.32 Å². The van der Waals surface area contributed by atoms with Crippen LogP contribution in [-0.2, 0) is 9.53 Å². The second-order valence-corrected chi connectivity index (χ2v) is 5.74. The van der Waals surface area contributed by atoms with Crippen molar-refractivity contribution in [2.24, 2.45) is 0 Å². The number of carbonyl (C=O) groups excluding carboxylic acids is 2. The van der Waals surface area contributed by atoms with Crippen LogP contribution in [0.5, 0.6) is 0 Å². The molecule has 0 fully saturated rings. The van der Waals surface area contributed by atoms with Gasteiger partial charge in [0, 0.05) is 31.1 Å². The van der Waals surface area contributed by atoms with E-state index in [1.165, 1.54) is 6.92 Å². The second kappa shape index (κ2) is 8.08. The minimum atomic E-state index is -0.495. The van der Waals surface area contributed by atoms with Gasteiger partial charge >= 0.3 is 6.09 Å². The fraction of sp³-hybridized carbons (Fsp3) is 0.412. The summed E-state index contributed by atoms with van der Waals surface area (Å²) in [6.45, 7) is 7.35. The van der Waals surface area contributed by atoms with Crippen LogP contribution in [0, 0.1) is 11.8 Å². The van der Waals surface area contributed by atoms with Crippen LogP contribution < -0.4 is 10.6 Å². The number of carbonyl (C=O) groups is 2. The first-order valence-corrected chi connectivity index (χ1v) is 7.09. The van der Waals surface area contributed by atoms with Gasteiger partial charge in [0.05, 0.1) is 0 Å². The van der Waals surface area contributed by atoms with E-state index >= 15 is 0 Å². The van der Waals surface area contributed by atoms with Crippen LogP contribution in [0.2, 0.25) is 0 Å². The van der Waals surface area contributed by atoms with Crippen molar-refractivity contribution in [3.63, 3.8) is 0 Å². The minimum absolute atomic E-state index is 0.105. The van der Waals surface area contributed by atoms with E-state index in [0.717, 1.165) is 11.3 Å². The number of hydrogen-bond donors (Lipinski definition) is 2. The molecule has 0 heterocycles. The average molecular weight is 302 g/mol. The number of hydrogen-bond acceptors (Lipinski definition) is 3. The quantitative estimate of drug-likeness (QED) is 0.666. The molecule has 5 heteroatoms. The normalized spacial score (nSPS) is 10.2. The molecule has 0 saturated heterocycles. The van der Waals surface area contributed by atoms with Crippen LogP contribution >= 0.6 is 0 Å². The Balaban J connectivity index is 2.35. The molecular weight excluding hydrogens is 280 g/mol. The third-order valence-corrected chi connectivity index (χ3v) is 2.36. The van der Waals surface area contributed by atoms with E-state index in [2.05, 4.69) is 22.5 Å². The minimum Gasteiger partial charge on any atom is -0.444 e. The zero-order valence-electron chi connectivity index (χ0n) is 13.4. The molecule has 1 aromatic rings. The molecular formula is C17H22N2O3. The van der Waals surface area contributed by atoms with Gasteiger partial charge in [0.1, 0.15) is 5.60 Å². The van der Waals surface area contributed by atoms with E-state index in [-0.39, 0.29) is 5.91 Å². The van der Waals surface area contributed by atoms with Gasteiger partial charge in [-0.05, 0) is 45.0 Å². The summed E-state index contributed by atoms with van der Waals surface area (Å²) in [4.78, 5) is 22.3. The first kappa shape index (κ1) is 17.6. The van der Waals surface area contributed by atoms with Crippen LogP contribution in [-0.4, -0.2) is 24.1 Å². The summed E-state index contributed by atoms with van der Waals surface area (Å²) in [5.41, 5.74) is 1.10. The topological polar surface area (TPSA) is 67.4 Å². The Kier molecular flexibility index (Phi) is 6.46. The molecule has 0 aliphatic heterocycles. The van der Waals surface area contributed by atoms with Crippen molar-refractivity contribution in [3.05, 3.63) is 29.8 Å². The molecule has 0 bridgehead atoms. The maximum absolute atomic E-state index is 11.4. The molecule has 1 rings (SSSR count). The van der Waals surface area contributed by atoms with Crippen molar-refractivity contribution in [3.8, 4) is 11.8 Å². The third kappa shape index (κ3) is 7.95. The molecule has 0 saturated carbocycles. The van der Waals surface area contributed by atoms with E-state index in [0.29, 0.717) is 13.0 Å². The Morgan fingerprint density at radius 3 is 2.36 bits per heavy atom. The Hall–Kier alpha value is -2.48. The Morgan fingerprint density at radius 2 is 1.82 bits per heavy atom. The van der Waals surface area contributed by atoms with Crippen LogP contribution in [0.15, 0.2) is 24.3 Å². The molecule has 2 N–H and O–H groups in total. The van der Waals surface area contributed by atoms with Crippen molar-refractivity contribution in [1.29, 1.82) is 0 Å². The summed E-state index contributed by atoms with van der Waals surface area (Å²) in [7, 11) is 0. The fourth-order valence-corrected chi connectivity index (χ4v) is 1.55. The third-order valence-electron chi connectivity index (χ3n) is 2.36. The first-order valence-electron chi connectivity index (χ1n) is 7.09.